The van der Waals surface area contributed by atoms with Crippen LogP contribution < -0.4 is 19.7 Å². The minimum Gasteiger partial charge on any atom is -0.497 e. The molecule has 1 aromatic heterocycles. The summed E-state index contributed by atoms with van der Waals surface area (Å²) in [5, 5.41) is 13.9. The van der Waals surface area contributed by atoms with Gasteiger partial charge >= 0.3 is 0 Å². The molecule has 1 N–H and O–H groups in total. The van der Waals surface area contributed by atoms with Crippen molar-refractivity contribution in [3.05, 3.63) is 48.8 Å². The minimum atomic E-state index is -0.495. The van der Waals surface area contributed by atoms with Crippen LogP contribution in [-0.2, 0) is 9.59 Å². The SMILES string of the molecule is COc1ccc(OC)c(N2CC(C(=O)Nc3cccc(-n4cnnn4)c3)CC2=O)c1. The van der Waals surface area contributed by atoms with Gasteiger partial charge in [0.25, 0.3) is 0 Å². The molecule has 0 radical (unpaired) electrons. The van der Waals surface area contributed by atoms with E-state index in [1.807, 2.05) is 6.07 Å². The van der Waals surface area contributed by atoms with Crippen LogP contribution in [0.4, 0.5) is 11.4 Å². The van der Waals surface area contributed by atoms with Gasteiger partial charge in [-0.2, -0.15) is 0 Å². The first-order valence-electron chi connectivity index (χ1n) is 9.25. The Bertz CT molecular complexity index is 1070. The van der Waals surface area contributed by atoms with Gasteiger partial charge in [-0.3, -0.25) is 9.59 Å². The van der Waals surface area contributed by atoms with Gasteiger partial charge in [0, 0.05) is 24.7 Å². The number of aromatic nitrogens is 4. The highest BCUT2D eigenvalue weighted by Gasteiger charge is 2.36. The van der Waals surface area contributed by atoms with E-state index in [4.69, 9.17) is 9.47 Å². The molecular weight excluding hydrogens is 388 g/mol. The third kappa shape index (κ3) is 3.79. The zero-order valence-corrected chi connectivity index (χ0v) is 16.5. The fourth-order valence-electron chi connectivity index (χ4n) is 3.37. The van der Waals surface area contributed by atoms with E-state index in [1.165, 1.54) is 18.1 Å². The summed E-state index contributed by atoms with van der Waals surface area (Å²) < 4.78 is 12.1. The molecule has 10 heteroatoms. The van der Waals surface area contributed by atoms with Crippen LogP contribution in [0.3, 0.4) is 0 Å². The van der Waals surface area contributed by atoms with Crippen molar-refractivity contribution in [3.63, 3.8) is 0 Å². The largest absolute Gasteiger partial charge is 0.497 e. The number of carbonyl (C=O) groups excluding carboxylic acids is 2. The number of carbonyl (C=O) groups is 2. The van der Waals surface area contributed by atoms with Gasteiger partial charge in [0.05, 0.1) is 31.5 Å². The summed E-state index contributed by atoms with van der Waals surface area (Å²) in [6, 6.07) is 12.4. The third-order valence-electron chi connectivity index (χ3n) is 4.90. The smallest absolute Gasteiger partial charge is 0.229 e. The van der Waals surface area contributed by atoms with E-state index < -0.39 is 5.92 Å². The van der Waals surface area contributed by atoms with Gasteiger partial charge in [-0.05, 0) is 40.8 Å². The summed E-state index contributed by atoms with van der Waals surface area (Å²) in [5.41, 5.74) is 1.89. The van der Waals surface area contributed by atoms with Crippen molar-refractivity contribution in [1.82, 2.24) is 20.2 Å². The highest BCUT2D eigenvalue weighted by atomic mass is 16.5. The number of rotatable bonds is 6. The molecule has 1 atom stereocenters. The molecule has 1 aliphatic heterocycles. The molecule has 2 amide bonds. The number of methoxy groups -OCH3 is 2. The summed E-state index contributed by atoms with van der Waals surface area (Å²) in [6.45, 7) is 0.251. The van der Waals surface area contributed by atoms with Crippen molar-refractivity contribution in [2.24, 2.45) is 5.92 Å². The molecule has 10 nitrogen and oxygen atoms in total. The molecule has 0 aliphatic carbocycles. The predicted molar refractivity (Wildman–Crippen MR) is 108 cm³/mol. The Morgan fingerprint density at radius 1 is 1.17 bits per heavy atom. The standard InChI is InChI=1S/C20H20N6O4/c1-29-16-6-7-18(30-2)17(10-16)25-11-13(8-19(25)27)20(28)22-14-4-3-5-15(9-14)26-12-21-23-24-26/h3-7,9-10,12-13H,8,11H2,1-2H3,(H,22,28). The maximum atomic E-state index is 12.8. The van der Waals surface area contributed by atoms with E-state index in [0.29, 0.717) is 28.6 Å². The van der Waals surface area contributed by atoms with Crippen LogP contribution >= 0.6 is 0 Å². The Morgan fingerprint density at radius 3 is 2.77 bits per heavy atom. The van der Waals surface area contributed by atoms with Crippen molar-refractivity contribution in [1.29, 1.82) is 0 Å². The van der Waals surface area contributed by atoms with Gasteiger partial charge in [-0.15, -0.1) is 5.10 Å². The number of nitrogens with one attached hydrogen (secondary N) is 1. The van der Waals surface area contributed by atoms with Crippen molar-refractivity contribution in [3.8, 4) is 17.2 Å². The van der Waals surface area contributed by atoms with E-state index in [0.717, 1.165) is 0 Å². The van der Waals surface area contributed by atoms with Crippen LogP contribution in [0.25, 0.3) is 5.69 Å². The second-order valence-electron chi connectivity index (χ2n) is 6.74. The zero-order chi connectivity index (χ0) is 21.1. The van der Waals surface area contributed by atoms with Gasteiger partial charge in [0.1, 0.15) is 17.8 Å². The molecule has 0 saturated carbocycles. The van der Waals surface area contributed by atoms with Gasteiger partial charge in [-0.25, -0.2) is 4.68 Å². The van der Waals surface area contributed by atoms with Gasteiger partial charge in [-0.1, -0.05) is 6.07 Å². The lowest BCUT2D eigenvalue weighted by atomic mass is 10.1. The minimum absolute atomic E-state index is 0.110. The number of amides is 2. The van der Waals surface area contributed by atoms with Gasteiger partial charge in [0.2, 0.25) is 11.8 Å². The average molecular weight is 408 g/mol. The zero-order valence-electron chi connectivity index (χ0n) is 16.5. The number of hydrogen-bond acceptors (Lipinski definition) is 7. The lowest BCUT2D eigenvalue weighted by molar-refractivity contribution is -0.122. The molecule has 2 heterocycles. The quantitative estimate of drug-likeness (QED) is 0.660. The fourth-order valence-corrected chi connectivity index (χ4v) is 3.37. The van der Waals surface area contributed by atoms with Crippen LogP contribution in [0.5, 0.6) is 11.5 Å². The molecule has 1 aliphatic rings. The van der Waals surface area contributed by atoms with Crippen molar-refractivity contribution >= 4 is 23.2 Å². The summed E-state index contributed by atoms with van der Waals surface area (Å²) in [7, 11) is 3.09. The highest BCUT2D eigenvalue weighted by Crippen LogP contribution is 2.36. The van der Waals surface area contributed by atoms with Crippen LogP contribution in [0, 0.1) is 5.92 Å². The number of ether oxygens (including phenoxy) is 2. The fraction of sp³-hybridized carbons (Fsp3) is 0.250. The summed E-state index contributed by atoms with van der Waals surface area (Å²) in [5.74, 6) is 0.265. The van der Waals surface area contributed by atoms with Crippen LogP contribution in [0.2, 0.25) is 0 Å². The Labute approximate surface area is 172 Å². The van der Waals surface area contributed by atoms with E-state index in [-0.39, 0.29) is 24.8 Å². The maximum absolute atomic E-state index is 12.8. The number of nitrogens with zero attached hydrogens (tertiary/aromatic N) is 5. The maximum Gasteiger partial charge on any atom is 0.229 e. The first-order valence-corrected chi connectivity index (χ1v) is 9.25. The lowest BCUT2D eigenvalue weighted by Crippen LogP contribution is -2.28. The molecule has 4 rings (SSSR count). The molecule has 1 fully saturated rings. The Hall–Kier alpha value is -3.95. The third-order valence-corrected chi connectivity index (χ3v) is 4.90. The normalized spacial score (nSPS) is 15.9. The Balaban J connectivity index is 1.50. The van der Waals surface area contributed by atoms with Crippen LogP contribution in [0.15, 0.2) is 48.8 Å². The monoisotopic (exact) mass is 408 g/mol. The van der Waals surface area contributed by atoms with Gasteiger partial charge < -0.3 is 19.7 Å². The molecular formula is C20H20N6O4. The summed E-state index contributed by atoms with van der Waals surface area (Å²) in [6.07, 6.45) is 1.58. The Kier molecular flexibility index (Phi) is 5.29. The van der Waals surface area contributed by atoms with Crippen LogP contribution in [0.1, 0.15) is 6.42 Å². The molecule has 2 aromatic carbocycles. The number of benzene rings is 2. The number of tetrazole rings is 1. The first-order chi connectivity index (χ1) is 14.6. The van der Waals surface area contributed by atoms with E-state index >= 15 is 0 Å². The molecule has 3 aromatic rings. The highest BCUT2D eigenvalue weighted by molar-refractivity contribution is 6.04. The molecule has 1 unspecified atom stereocenters. The molecule has 0 spiro atoms. The summed E-state index contributed by atoms with van der Waals surface area (Å²) >= 11 is 0. The lowest BCUT2D eigenvalue weighted by Gasteiger charge is -2.20. The van der Waals surface area contributed by atoms with Crippen molar-refractivity contribution in [2.75, 3.05) is 31.0 Å². The molecule has 1 saturated heterocycles. The number of hydrogen-bond donors (Lipinski definition) is 1. The topological polar surface area (TPSA) is 111 Å². The van der Waals surface area contributed by atoms with E-state index in [1.54, 1.807) is 48.4 Å². The molecule has 154 valence electrons. The average Bonchev–Trinajstić information content (AvgIpc) is 3.43. The van der Waals surface area contributed by atoms with Crippen LogP contribution in [-0.4, -0.2) is 52.8 Å². The van der Waals surface area contributed by atoms with Crippen molar-refractivity contribution in [2.45, 2.75) is 6.42 Å². The first kappa shape index (κ1) is 19.4. The summed E-state index contributed by atoms with van der Waals surface area (Å²) in [4.78, 5) is 27.0. The van der Waals surface area contributed by atoms with Gasteiger partial charge in [0.15, 0.2) is 0 Å². The molecule has 0 bridgehead atoms. The molecule has 30 heavy (non-hydrogen) atoms. The Morgan fingerprint density at radius 2 is 2.03 bits per heavy atom. The second-order valence-corrected chi connectivity index (χ2v) is 6.74. The van der Waals surface area contributed by atoms with Crippen molar-refractivity contribution < 1.29 is 19.1 Å². The predicted octanol–water partition coefficient (Wildman–Crippen LogP) is 1.67. The van der Waals surface area contributed by atoms with E-state index in [2.05, 4.69) is 20.8 Å². The van der Waals surface area contributed by atoms with E-state index in [9.17, 15) is 9.59 Å². The second kappa shape index (κ2) is 8.19. The number of anilines is 2.